The van der Waals surface area contributed by atoms with E-state index in [9.17, 15) is 4.79 Å². The van der Waals surface area contributed by atoms with Gasteiger partial charge in [-0.1, -0.05) is 0 Å². The van der Waals surface area contributed by atoms with E-state index in [-0.39, 0.29) is 5.56 Å². The summed E-state index contributed by atoms with van der Waals surface area (Å²) in [5, 5.41) is 0.995. The molecule has 2 aromatic heterocycles. The summed E-state index contributed by atoms with van der Waals surface area (Å²) in [4.78, 5) is 18.9. The van der Waals surface area contributed by atoms with E-state index in [0.29, 0.717) is 5.65 Å². The fraction of sp³-hybridized carbons (Fsp3) is 0.111. The molecule has 0 bridgehead atoms. The molecule has 0 fully saturated rings. The molecule has 66 valence electrons. The van der Waals surface area contributed by atoms with Gasteiger partial charge in [0, 0.05) is 22.5 Å². The summed E-state index contributed by atoms with van der Waals surface area (Å²) in [6, 6.07) is 5.40. The second-order valence-electron chi connectivity index (χ2n) is 2.60. The Morgan fingerprint density at radius 3 is 3.15 bits per heavy atom. The van der Waals surface area contributed by atoms with Gasteiger partial charge in [-0.15, -0.1) is 11.8 Å². The quantitative estimate of drug-likeness (QED) is 0.699. The van der Waals surface area contributed by atoms with Crippen LogP contribution in [-0.2, 0) is 0 Å². The van der Waals surface area contributed by atoms with Crippen LogP contribution in [0, 0.1) is 0 Å². The van der Waals surface area contributed by atoms with Gasteiger partial charge in [0.2, 0.25) is 0 Å². The SMILES string of the molecule is CSc1cc(=O)[nH]c2ncccc12. The van der Waals surface area contributed by atoms with Gasteiger partial charge in [0.1, 0.15) is 5.65 Å². The van der Waals surface area contributed by atoms with E-state index < -0.39 is 0 Å². The maximum atomic E-state index is 11.2. The molecule has 2 rings (SSSR count). The van der Waals surface area contributed by atoms with Gasteiger partial charge in [-0.3, -0.25) is 4.79 Å². The molecule has 0 aromatic carbocycles. The van der Waals surface area contributed by atoms with Gasteiger partial charge < -0.3 is 4.98 Å². The molecule has 0 amide bonds. The minimum absolute atomic E-state index is 0.101. The Hall–Kier alpha value is -1.29. The van der Waals surface area contributed by atoms with E-state index in [1.54, 1.807) is 24.0 Å². The van der Waals surface area contributed by atoms with Crippen molar-refractivity contribution in [2.75, 3.05) is 6.26 Å². The fourth-order valence-corrected chi connectivity index (χ4v) is 1.83. The van der Waals surface area contributed by atoms with Gasteiger partial charge in [-0.25, -0.2) is 4.98 Å². The van der Waals surface area contributed by atoms with Crippen molar-refractivity contribution in [3.63, 3.8) is 0 Å². The van der Waals surface area contributed by atoms with Gasteiger partial charge in [0.25, 0.3) is 5.56 Å². The molecule has 0 aliphatic heterocycles. The molecule has 4 heteroatoms. The third kappa shape index (κ3) is 1.45. The van der Waals surface area contributed by atoms with Gasteiger partial charge in [-0.05, 0) is 18.4 Å². The van der Waals surface area contributed by atoms with E-state index in [2.05, 4.69) is 9.97 Å². The van der Waals surface area contributed by atoms with Crippen molar-refractivity contribution in [3.05, 3.63) is 34.7 Å². The summed E-state index contributed by atoms with van der Waals surface area (Å²) in [6.45, 7) is 0. The Bertz CT molecular complexity index is 492. The van der Waals surface area contributed by atoms with Gasteiger partial charge in [-0.2, -0.15) is 0 Å². The molecule has 2 aromatic rings. The first kappa shape index (κ1) is 8.31. The molecule has 13 heavy (non-hydrogen) atoms. The molecule has 0 aliphatic rings. The Kier molecular flexibility index (Phi) is 2.06. The molecular weight excluding hydrogens is 184 g/mol. The van der Waals surface area contributed by atoms with Crippen molar-refractivity contribution in [1.29, 1.82) is 0 Å². The number of rotatable bonds is 1. The van der Waals surface area contributed by atoms with Crippen LogP contribution in [0.4, 0.5) is 0 Å². The third-order valence-corrected chi connectivity index (χ3v) is 2.57. The van der Waals surface area contributed by atoms with Crippen LogP contribution in [0.5, 0.6) is 0 Å². The van der Waals surface area contributed by atoms with Crippen LogP contribution in [0.1, 0.15) is 0 Å². The molecule has 0 saturated carbocycles. The Labute approximate surface area is 79.2 Å². The molecule has 2 heterocycles. The highest BCUT2D eigenvalue weighted by molar-refractivity contribution is 7.98. The number of nitrogens with zero attached hydrogens (tertiary/aromatic N) is 1. The summed E-state index contributed by atoms with van der Waals surface area (Å²) in [5.41, 5.74) is 0.551. The van der Waals surface area contributed by atoms with Crippen LogP contribution in [-0.4, -0.2) is 16.2 Å². The standard InChI is InChI=1S/C9H8N2OS/c1-13-7-5-8(12)11-9-6(7)3-2-4-10-9/h2-5H,1H3,(H,10,11,12). The number of aromatic amines is 1. The number of H-pyrrole nitrogens is 1. The maximum absolute atomic E-state index is 11.2. The Morgan fingerprint density at radius 1 is 1.54 bits per heavy atom. The highest BCUT2D eigenvalue weighted by atomic mass is 32.2. The first-order chi connectivity index (χ1) is 6.31. The first-order valence-electron chi connectivity index (χ1n) is 3.83. The fourth-order valence-electron chi connectivity index (χ4n) is 1.22. The van der Waals surface area contributed by atoms with Crippen LogP contribution in [0.15, 0.2) is 34.1 Å². The van der Waals surface area contributed by atoms with Gasteiger partial charge >= 0.3 is 0 Å². The number of nitrogens with one attached hydrogen (secondary N) is 1. The number of hydrogen-bond acceptors (Lipinski definition) is 3. The average Bonchev–Trinajstić information content (AvgIpc) is 2.16. The van der Waals surface area contributed by atoms with Gasteiger partial charge in [0.15, 0.2) is 0 Å². The van der Waals surface area contributed by atoms with Crippen LogP contribution in [0.2, 0.25) is 0 Å². The molecule has 1 N–H and O–H groups in total. The number of pyridine rings is 2. The number of fused-ring (bicyclic) bond motifs is 1. The van der Waals surface area contributed by atoms with E-state index in [1.165, 1.54) is 0 Å². The minimum atomic E-state index is -0.101. The van der Waals surface area contributed by atoms with Crippen LogP contribution >= 0.6 is 11.8 Å². The monoisotopic (exact) mass is 192 g/mol. The van der Waals surface area contributed by atoms with Crippen molar-refractivity contribution in [2.45, 2.75) is 4.90 Å². The first-order valence-corrected chi connectivity index (χ1v) is 5.06. The molecule has 0 unspecified atom stereocenters. The topological polar surface area (TPSA) is 45.8 Å². The van der Waals surface area contributed by atoms with E-state index in [4.69, 9.17) is 0 Å². The van der Waals surface area contributed by atoms with Crippen LogP contribution in [0.3, 0.4) is 0 Å². The zero-order chi connectivity index (χ0) is 9.26. The van der Waals surface area contributed by atoms with Crippen molar-refractivity contribution in [3.8, 4) is 0 Å². The number of thioether (sulfide) groups is 1. The molecule has 0 aliphatic carbocycles. The zero-order valence-corrected chi connectivity index (χ0v) is 7.89. The highest BCUT2D eigenvalue weighted by Crippen LogP contribution is 2.21. The van der Waals surface area contributed by atoms with Crippen molar-refractivity contribution >= 4 is 22.8 Å². The second kappa shape index (κ2) is 3.22. The highest BCUT2D eigenvalue weighted by Gasteiger charge is 2.01. The van der Waals surface area contributed by atoms with E-state index in [0.717, 1.165) is 10.3 Å². The Balaban J connectivity index is 2.89. The second-order valence-corrected chi connectivity index (χ2v) is 3.45. The zero-order valence-electron chi connectivity index (χ0n) is 7.07. The van der Waals surface area contributed by atoms with Crippen molar-refractivity contribution in [1.82, 2.24) is 9.97 Å². The smallest absolute Gasteiger partial charge is 0.250 e. The molecule has 0 spiro atoms. The Morgan fingerprint density at radius 2 is 2.38 bits per heavy atom. The van der Waals surface area contributed by atoms with Gasteiger partial charge in [0.05, 0.1) is 0 Å². The lowest BCUT2D eigenvalue weighted by Gasteiger charge is -2.00. The van der Waals surface area contributed by atoms with Crippen LogP contribution < -0.4 is 5.56 Å². The van der Waals surface area contributed by atoms with Crippen molar-refractivity contribution < 1.29 is 0 Å². The summed E-state index contributed by atoms with van der Waals surface area (Å²) in [5.74, 6) is 0. The number of aromatic nitrogens is 2. The lowest BCUT2D eigenvalue weighted by Crippen LogP contribution is -2.05. The van der Waals surface area contributed by atoms with E-state index in [1.807, 2.05) is 18.4 Å². The minimum Gasteiger partial charge on any atom is -0.307 e. The largest absolute Gasteiger partial charge is 0.307 e. The summed E-state index contributed by atoms with van der Waals surface area (Å²) in [6.07, 6.45) is 3.61. The lowest BCUT2D eigenvalue weighted by atomic mass is 10.3. The maximum Gasteiger partial charge on any atom is 0.250 e. The predicted molar refractivity (Wildman–Crippen MR) is 54.1 cm³/mol. The molecule has 0 atom stereocenters. The number of hydrogen-bond donors (Lipinski definition) is 1. The summed E-state index contributed by atoms with van der Waals surface area (Å²) < 4.78 is 0. The summed E-state index contributed by atoms with van der Waals surface area (Å²) >= 11 is 1.55. The normalized spacial score (nSPS) is 10.5. The van der Waals surface area contributed by atoms with Crippen LogP contribution in [0.25, 0.3) is 11.0 Å². The average molecular weight is 192 g/mol. The van der Waals surface area contributed by atoms with E-state index >= 15 is 0 Å². The van der Waals surface area contributed by atoms with Crippen molar-refractivity contribution in [2.24, 2.45) is 0 Å². The summed E-state index contributed by atoms with van der Waals surface area (Å²) in [7, 11) is 0. The molecule has 0 saturated heterocycles. The molecular formula is C9H8N2OS. The predicted octanol–water partition coefficient (Wildman–Crippen LogP) is 1.64. The third-order valence-electron chi connectivity index (χ3n) is 1.80. The molecule has 3 nitrogen and oxygen atoms in total. The lowest BCUT2D eigenvalue weighted by molar-refractivity contribution is 1.20. The molecule has 0 radical (unpaired) electrons.